The molecule has 0 aliphatic rings. The highest BCUT2D eigenvalue weighted by Gasteiger charge is 2.33. The first-order valence-corrected chi connectivity index (χ1v) is 4.88. The van der Waals surface area contributed by atoms with Crippen LogP contribution in [0.15, 0.2) is 12.8 Å². The Labute approximate surface area is 93.6 Å². The fourth-order valence-corrected chi connectivity index (χ4v) is 1.29. The first-order chi connectivity index (χ1) is 6.95. The number of carboxylic acid groups (broad SMARTS) is 1. The van der Waals surface area contributed by atoms with E-state index >= 15 is 0 Å². The van der Waals surface area contributed by atoms with Gasteiger partial charge in [-0.2, -0.15) is 0 Å². The average Bonchev–Trinajstić information content (AvgIpc) is 2.17. The monoisotopic (exact) mass is 234 g/mol. The molecule has 15 heavy (non-hydrogen) atoms. The van der Waals surface area contributed by atoms with Crippen LogP contribution >= 0.6 is 11.8 Å². The highest BCUT2D eigenvalue weighted by molar-refractivity contribution is 6.19. The zero-order valence-corrected chi connectivity index (χ0v) is 9.28. The summed E-state index contributed by atoms with van der Waals surface area (Å²) in [6.07, 6.45) is 2.21. The van der Waals surface area contributed by atoms with E-state index in [2.05, 4.69) is 6.58 Å². The van der Waals surface area contributed by atoms with Crippen molar-refractivity contribution in [1.29, 1.82) is 0 Å². The lowest BCUT2D eigenvalue weighted by Crippen LogP contribution is -2.47. The molecule has 0 saturated heterocycles. The van der Waals surface area contributed by atoms with Gasteiger partial charge in [0.15, 0.2) is 5.78 Å². The van der Waals surface area contributed by atoms with Crippen LogP contribution in [0, 0.1) is 0 Å². The molecule has 0 heterocycles. The van der Waals surface area contributed by atoms with Crippen LogP contribution in [0.1, 0.15) is 19.8 Å². The Morgan fingerprint density at radius 1 is 1.67 bits per heavy atom. The van der Waals surface area contributed by atoms with Crippen molar-refractivity contribution in [3.05, 3.63) is 12.8 Å². The van der Waals surface area contributed by atoms with Crippen LogP contribution in [0.2, 0.25) is 0 Å². The molecule has 2 atom stereocenters. The van der Waals surface area contributed by atoms with E-state index in [0.29, 0.717) is 12.8 Å². The van der Waals surface area contributed by atoms with E-state index in [-0.39, 0.29) is 0 Å². The van der Waals surface area contributed by atoms with Crippen LogP contribution in [-0.2, 0) is 9.59 Å². The van der Waals surface area contributed by atoms with Crippen molar-refractivity contribution in [2.45, 2.75) is 31.8 Å². The van der Waals surface area contributed by atoms with Gasteiger partial charge < -0.3 is 10.8 Å². The van der Waals surface area contributed by atoms with Gasteiger partial charge in [0.2, 0.25) is 6.04 Å². The topological polar surface area (TPSA) is 83.6 Å². The predicted octanol–water partition coefficient (Wildman–Crippen LogP) is 0.735. The smallest absolute Gasteiger partial charge is 0.335 e. The van der Waals surface area contributed by atoms with Gasteiger partial charge in [-0.1, -0.05) is 19.9 Å². The van der Waals surface area contributed by atoms with Crippen LogP contribution in [0.25, 0.3) is 0 Å². The molecule has 0 bridgehead atoms. The van der Waals surface area contributed by atoms with Gasteiger partial charge in [-0.25, -0.2) is 4.79 Å². The SMILES string of the molecule is C=CN(Cl)[C@H](C(=O)O)C(=O)[C@@H](N)CCC. The van der Waals surface area contributed by atoms with Crippen molar-refractivity contribution < 1.29 is 14.7 Å². The maximum atomic E-state index is 11.6. The minimum Gasteiger partial charge on any atom is -0.479 e. The predicted molar refractivity (Wildman–Crippen MR) is 57.2 cm³/mol. The third-order valence-electron chi connectivity index (χ3n) is 1.89. The van der Waals surface area contributed by atoms with Gasteiger partial charge in [-0.3, -0.25) is 9.21 Å². The maximum absolute atomic E-state index is 11.6. The Hall–Kier alpha value is -1.07. The first kappa shape index (κ1) is 13.9. The summed E-state index contributed by atoms with van der Waals surface area (Å²) >= 11 is 5.52. The minimum absolute atomic E-state index is 0.435. The summed E-state index contributed by atoms with van der Waals surface area (Å²) in [6.45, 7) is 5.15. The van der Waals surface area contributed by atoms with E-state index in [9.17, 15) is 9.59 Å². The van der Waals surface area contributed by atoms with Crippen LogP contribution in [0.5, 0.6) is 0 Å². The second-order valence-electron chi connectivity index (χ2n) is 3.07. The number of aliphatic carboxylic acids is 1. The third kappa shape index (κ3) is 3.89. The second kappa shape index (κ2) is 6.42. The lowest BCUT2D eigenvalue weighted by Gasteiger charge is -2.21. The number of carbonyl (C=O) groups excluding carboxylic acids is 1. The first-order valence-electron chi connectivity index (χ1n) is 4.54. The zero-order chi connectivity index (χ0) is 12.0. The molecule has 0 fully saturated rings. The largest absolute Gasteiger partial charge is 0.479 e. The van der Waals surface area contributed by atoms with Crippen LogP contribution in [-0.4, -0.2) is 33.4 Å². The van der Waals surface area contributed by atoms with E-state index in [0.717, 1.165) is 10.6 Å². The van der Waals surface area contributed by atoms with E-state index in [4.69, 9.17) is 22.6 Å². The molecule has 0 aliphatic heterocycles. The normalized spacial score (nSPS) is 14.1. The molecule has 6 heteroatoms. The van der Waals surface area contributed by atoms with E-state index < -0.39 is 23.8 Å². The second-order valence-corrected chi connectivity index (χ2v) is 3.46. The van der Waals surface area contributed by atoms with Crippen molar-refractivity contribution >= 4 is 23.5 Å². The Morgan fingerprint density at radius 3 is 2.53 bits per heavy atom. The lowest BCUT2D eigenvalue weighted by molar-refractivity contribution is -0.145. The maximum Gasteiger partial charge on any atom is 0.335 e. The molecule has 0 aromatic heterocycles. The van der Waals surface area contributed by atoms with Gasteiger partial charge in [0, 0.05) is 18.0 Å². The zero-order valence-electron chi connectivity index (χ0n) is 8.52. The number of carboxylic acids is 1. The Morgan fingerprint density at radius 2 is 2.20 bits per heavy atom. The van der Waals surface area contributed by atoms with Gasteiger partial charge in [-0.15, -0.1) is 0 Å². The fraction of sp³-hybridized carbons (Fsp3) is 0.556. The van der Waals surface area contributed by atoms with Gasteiger partial charge in [0.05, 0.1) is 6.04 Å². The van der Waals surface area contributed by atoms with Crippen molar-refractivity contribution in [3.63, 3.8) is 0 Å². The summed E-state index contributed by atoms with van der Waals surface area (Å²) in [6, 6.07) is -2.27. The molecule has 0 spiro atoms. The number of hydrogen-bond acceptors (Lipinski definition) is 4. The van der Waals surface area contributed by atoms with Crippen molar-refractivity contribution in [2.75, 3.05) is 0 Å². The molecular weight excluding hydrogens is 220 g/mol. The molecule has 0 aliphatic carbocycles. The number of ketones is 1. The number of nitrogens with zero attached hydrogens (tertiary/aromatic N) is 1. The standard InChI is InChI=1S/C9H15ClN2O3/c1-3-5-6(11)8(13)7(9(14)15)12(10)4-2/h4,6-7H,2-3,5,11H2,1H3,(H,14,15)/t6-,7-/m0/s1. The molecule has 0 rings (SSSR count). The molecule has 86 valence electrons. The summed E-state index contributed by atoms with van der Waals surface area (Å²) in [5, 5.41) is 8.81. The number of nitrogens with two attached hydrogens (primary N) is 1. The number of halogens is 1. The fourth-order valence-electron chi connectivity index (χ4n) is 1.11. The van der Waals surface area contributed by atoms with Crippen LogP contribution in [0.4, 0.5) is 0 Å². The molecule has 0 aromatic rings. The van der Waals surface area contributed by atoms with Crippen LogP contribution in [0.3, 0.4) is 0 Å². The van der Waals surface area contributed by atoms with Gasteiger partial charge in [0.25, 0.3) is 0 Å². The molecule has 0 unspecified atom stereocenters. The Bertz CT molecular complexity index is 258. The Balaban J connectivity index is 4.70. The molecule has 0 saturated carbocycles. The van der Waals surface area contributed by atoms with Crippen molar-refractivity contribution in [1.82, 2.24) is 4.42 Å². The van der Waals surface area contributed by atoms with Gasteiger partial charge in [0.1, 0.15) is 0 Å². The molecule has 0 amide bonds. The average molecular weight is 235 g/mol. The molecular formula is C9H15ClN2O3. The summed E-state index contributed by atoms with van der Waals surface area (Å²) in [5.41, 5.74) is 5.53. The van der Waals surface area contributed by atoms with E-state index in [1.807, 2.05) is 6.92 Å². The number of carbonyl (C=O) groups is 2. The lowest BCUT2D eigenvalue weighted by atomic mass is 10.0. The molecule has 0 radical (unpaired) electrons. The van der Waals surface area contributed by atoms with Crippen molar-refractivity contribution in [3.8, 4) is 0 Å². The van der Waals surface area contributed by atoms with E-state index in [1.54, 1.807) is 0 Å². The molecule has 0 aromatic carbocycles. The van der Waals surface area contributed by atoms with Crippen molar-refractivity contribution in [2.24, 2.45) is 5.73 Å². The molecule has 3 N–H and O–H groups in total. The summed E-state index contributed by atoms with van der Waals surface area (Å²) < 4.78 is 0.722. The highest BCUT2D eigenvalue weighted by atomic mass is 35.5. The van der Waals surface area contributed by atoms with Gasteiger partial charge >= 0.3 is 5.97 Å². The third-order valence-corrected chi connectivity index (χ3v) is 2.22. The minimum atomic E-state index is -1.47. The van der Waals surface area contributed by atoms with Crippen LogP contribution < -0.4 is 5.73 Å². The van der Waals surface area contributed by atoms with E-state index in [1.165, 1.54) is 0 Å². The summed E-state index contributed by atoms with van der Waals surface area (Å²) in [4.78, 5) is 22.4. The number of hydrogen-bond donors (Lipinski definition) is 2. The Kier molecular flexibility index (Phi) is 5.96. The number of rotatable bonds is 7. The highest BCUT2D eigenvalue weighted by Crippen LogP contribution is 2.09. The summed E-state index contributed by atoms with van der Waals surface area (Å²) in [7, 11) is 0. The summed E-state index contributed by atoms with van der Waals surface area (Å²) in [5.74, 6) is -1.94. The quantitative estimate of drug-likeness (QED) is 0.501. The number of Topliss-reactive ketones (excluding diaryl/α,β-unsaturated/α-hetero) is 1. The van der Waals surface area contributed by atoms with Gasteiger partial charge in [-0.05, 0) is 6.42 Å². The molecule has 5 nitrogen and oxygen atoms in total.